The minimum absolute atomic E-state index is 0.0220. The van der Waals surface area contributed by atoms with Crippen molar-refractivity contribution in [3.8, 4) is 0 Å². The number of nitrogens with zero attached hydrogens (tertiary/aromatic N) is 1. The largest absolute Gasteiger partial charge is 0.461 e. The summed E-state index contributed by atoms with van der Waals surface area (Å²) in [4.78, 5) is 15.1. The molecule has 0 saturated carbocycles. The molecule has 0 radical (unpaired) electrons. The van der Waals surface area contributed by atoms with Crippen LogP contribution in [-0.2, 0) is 14.8 Å². The van der Waals surface area contributed by atoms with Crippen molar-refractivity contribution >= 4 is 27.3 Å². The summed E-state index contributed by atoms with van der Waals surface area (Å²) in [6.45, 7) is 4.10. The van der Waals surface area contributed by atoms with Crippen LogP contribution < -0.4 is 4.72 Å². The van der Waals surface area contributed by atoms with Gasteiger partial charge in [-0.1, -0.05) is 6.92 Å². The molecule has 8 heteroatoms. The molecule has 0 saturated heterocycles. The fourth-order valence-electron chi connectivity index (χ4n) is 0.978. The van der Waals surface area contributed by atoms with Crippen LogP contribution in [0, 0.1) is 0 Å². The molecule has 0 atom stereocenters. The molecule has 1 aromatic rings. The van der Waals surface area contributed by atoms with Gasteiger partial charge in [-0.2, -0.15) is 0 Å². The van der Waals surface area contributed by atoms with Gasteiger partial charge in [0.25, 0.3) is 10.0 Å². The first-order valence-electron chi connectivity index (χ1n) is 5.13. The number of hydrogen-bond donors (Lipinski definition) is 1. The average Bonchev–Trinajstić information content (AvgIpc) is 2.77. The van der Waals surface area contributed by atoms with Gasteiger partial charge in [-0.3, -0.25) is 0 Å². The molecule has 0 aliphatic rings. The van der Waals surface area contributed by atoms with Crippen LogP contribution in [0.3, 0.4) is 0 Å². The third kappa shape index (κ3) is 3.76. The number of ether oxygens (including phenoxy) is 1. The normalized spacial score (nSPS) is 11.4. The summed E-state index contributed by atoms with van der Waals surface area (Å²) in [5, 5.41) is 1.37. The smallest absolute Gasteiger partial charge is 0.357 e. The molecule has 0 spiro atoms. The Labute approximate surface area is 104 Å². The Morgan fingerprint density at radius 2 is 2.24 bits per heavy atom. The first-order chi connectivity index (χ1) is 8.01. The minimum atomic E-state index is -3.60. The first kappa shape index (κ1) is 14.1. The number of nitrogens with one attached hydrogen (secondary N) is 1. The third-order valence-electron chi connectivity index (χ3n) is 1.74. The fraction of sp³-hybridized carbons (Fsp3) is 0.556. The van der Waals surface area contributed by atoms with Crippen LogP contribution in [0.1, 0.15) is 30.8 Å². The van der Waals surface area contributed by atoms with E-state index in [0.717, 1.165) is 11.3 Å². The van der Waals surface area contributed by atoms with E-state index >= 15 is 0 Å². The Hall–Kier alpha value is -0.990. The summed E-state index contributed by atoms with van der Waals surface area (Å²) >= 11 is 0.899. The van der Waals surface area contributed by atoms with Crippen molar-refractivity contribution < 1.29 is 17.9 Å². The number of rotatable bonds is 6. The number of esters is 1. The Kier molecular flexibility index (Phi) is 5.03. The number of sulfonamides is 1. The second kappa shape index (κ2) is 6.08. The highest BCUT2D eigenvalue weighted by Crippen LogP contribution is 2.16. The van der Waals surface area contributed by atoms with Crippen molar-refractivity contribution in [2.24, 2.45) is 0 Å². The highest BCUT2D eigenvalue weighted by atomic mass is 32.2. The second-order valence-electron chi connectivity index (χ2n) is 3.12. The van der Waals surface area contributed by atoms with Gasteiger partial charge >= 0.3 is 5.97 Å². The molecule has 17 heavy (non-hydrogen) atoms. The summed E-state index contributed by atoms with van der Waals surface area (Å²) in [5.74, 6) is -0.610. The maximum atomic E-state index is 11.7. The average molecular weight is 278 g/mol. The van der Waals surface area contributed by atoms with Gasteiger partial charge in [-0.15, -0.1) is 11.3 Å². The zero-order valence-corrected chi connectivity index (χ0v) is 11.2. The highest BCUT2D eigenvalue weighted by Gasteiger charge is 2.20. The maximum absolute atomic E-state index is 11.7. The summed E-state index contributed by atoms with van der Waals surface area (Å²) in [5.41, 5.74) is 0.0220. The fourth-order valence-corrected chi connectivity index (χ4v) is 3.13. The predicted molar refractivity (Wildman–Crippen MR) is 63.6 cm³/mol. The number of aromatic nitrogens is 1. The van der Waals surface area contributed by atoms with Crippen LogP contribution in [0.15, 0.2) is 9.72 Å². The molecule has 1 rings (SSSR count). The number of thiazole rings is 1. The number of hydrogen-bond acceptors (Lipinski definition) is 6. The molecule has 96 valence electrons. The van der Waals surface area contributed by atoms with Crippen molar-refractivity contribution in [2.45, 2.75) is 24.6 Å². The topological polar surface area (TPSA) is 85.4 Å². The lowest BCUT2D eigenvalue weighted by Crippen LogP contribution is -2.24. The van der Waals surface area contributed by atoms with Gasteiger partial charge in [0.2, 0.25) is 4.34 Å². The van der Waals surface area contributed by atoms with E-state index in [-0.39, 0.29) is 16.6 Å². The van der Waals surface area contributed by atoms with E-state index in [1.807, 2.05) is 6.92 Å². The van der Waals surface area contributed by atoms with Crippen molar-refractivity contribution in [3.05, 3.63) is 11.1 Å². The molecule has 0 aliphatic heterocycles. The highest BCUT2D eigenvalue weighted by molar-refractivity contribution is 7.91. The third-order valence-corrected chi connectivity index (χ3v) is 4.46. The molecule has 0 aliphatic carbocycles. The van der Waals surface area contributed by atoms with Crippen LogP contribution in [-0.4, -0.2) is 32.5 Å². The second-order valence-corrected chi connectivity index (χ2v) is 5.92. The molecule has 0 amide bonds. The SMILES string of the molecule is CCCNS(=O)(=O)c1nc(C(=O)OCC)cs1. The lowest BCUT2D eigenvalue weighted by molar-refractivity contribution is 0.0520. The zero-order valence-electron chi connectivity index (χ0n) is 9.60. The van der Waals surface area contributed by atoms with Gasteiger partial charge in [-0.25, -0.2) is 22.9 Å². The Morgan fingerprint density at radius 3 is 2.82 bits per heavy atom. The van der Waals surface area contributed by atoms with E-state index in [1.54, 1.807) is 6.92 Å². The van der Waals surface area contributed by atoms with Crippen LogP contribution in [0.2, 0.25) is 0 Å². The van der Waals surface area contributed by atoms with Gasteiger partial charge in [0, 0.05) is 11.9 Å². The summed E-state index contributed by atoms with van der Waals surface area (Å²) < 4.78 is 30.3. The van der Waals surface area contributed by atoms with Crippen LogP contribution in [0.4, 0.5) is 0 Å². The molecule has 1 N–H and O–H groups in total. The Morgan fingerprint density at radius 1 is 1.53 bits per heavy atom. The molecule has 0 aromatic carbocycles. The van der Waals surface area contributed by atoms with Gasteiger partial charge in [0.1, 0.15) is 0 Å². The number of carbonyl (C=O) groups excluding carboxylic acids is 1. The van der Waals surface area contributed by atoms with Gasteiger partial charge in [-0.05, 0) is 13.3 Å². The van der Waals surface area contributed by atoms with E-state index in [1.165, 1.54) is 5.38 Å². The Bertz CT molecular complexity index is 481. The lowest BCUT2D eigenvalue weighted by atomic mass is 10.5. The Balaban J connectivity index is 2.84. The standard InChI is InChI=1S/C9H14N2O4S2/c1-3-5-10-17(13,14)9-11-7(6-16-9)8(12)15-4-2/h6,10H,3-5H2,1-2H3. The minimum Gasteiger partial charge on any atom is -0.461 e. The van der Waals surface area contributed by atoms with Crippen molar-refractivity contribution in [3.63, 3.8) is 0 Å². The van der Waals surface area contributed by atoms with E-state index in [0.29, 0.717) is 13.0 Å². The van der Waals surface area contributed by atoms with Crippen LogP contribution in [0.5, 0.6) is 0 Å². The van der Waals surface area contributed by atoms with Crippen LogP contribution >= 0.6 is 11.3 Å². The van der Waals surface area contributed by atoms with Gasteiger partial charge in [0.05, 0.1) is 6.61 Å². The van der Waals surface area contributed by atoms with E-state index < -0.39 is 16.0 Å². The lowest BCUT2D eigenvalue weighted by Gasteiger charge is -2.00. The molecular formula is C9H14N2O4S2. The monoisotopic (exact) mass is 278 g/mol. The number of carbonyl (C=O) groups is 1. The van der Waals surface area contributed by atoms with E-state index in [9.17, 15) is 13.2 Å². The molecule has 0 bridgehead atoms. The van der Waals surface area contributed by atoms with E-state index in [4.69, 9.17) is 4.74 Å². The van der Waals surface area contributed by atoms with E-state index in [2.05, 4.69) is 9.71 Å². The molecule has 0 unspecified atom stereocenters. The zero-order chi connectivity index (χ0) is 12.9. The molecule has 1 aromatic heterocycles. The van der Waals surface area contributed by atoms with Crippen LogP contribution in [0.25, 0.3) is 0 Å². The quantitative estimate of drug-likeness (QED) is 0.785. The molecule has 0 fully saturated rings. The molecule has 6 nitrogen and oxygen atoms in total. The van der Waals surface area contributed by atoms with Crippen molar-refractivity contribution in [2.75, 3.05) is 13.2 Å². The predicted octanol–water partition coefficient (Wildman–Crippen LogP) is 1.01. The summed E-state index contributed by atoms with van der Waals surface area (Å²) in [6.07, 6.45) is 0.690. The maximum Gasteiger partial charge on any atom is 0.357 e. The van der Waals surface area contributed by atoms with Gasteiger partial charge < -0.3 is 4.74 Å². The summed E-state index contributed by atoms with van der Waals surface area (Å²) in [6, 6.07) is 0. The van der Waals surface area contributed by atoms with Gasteiger partial charge in [0.15, 0.2) is 5.69 Å². The first-order valence-corrected chi connectivity index (χ1v) is 7.49. The molecular weight excluding hydrogens is 264 g/mol. The van der Waals surface area contributed by atoms with Crippen molar-refractivity contribution in [1.82, 2.24) is 9.71 Å². The van der Waals surface area contributed by atoms with Crippen molar-refractivity contribution in [1.29, 1.82) is 0 Å². The molecule has 1 heterocycles. The summed E-state index contributed by atoms with van der Waals surface area (Å²) in [7, 11) is -3.60.